The fourth-order valence-electron chi connectivity index (χ4n) is 3.47. The van der Waals surface area contributed by atoms with E-state index in [-0.39, 0.29) is 34.7 Å². The van der Waals surface area contributed by atoms with E-state index in [0.717, 1.165) is 0 Å². The predicted molar refractivity (Wildman–Crippen MR) is 121 cm³/mol. The molecule has 0 saturated carbocycles. The number of benzene rings is 1. The maximum atomic E-state index is 13.1. The summed E-state index contributed by atoms with van der Waals surface area (Å²) in [6, 6.07) is 6.17. The van der Waals surface area contributed by atoms with Crippen molar-refractivity contribution in [3.8, 4) is 11.3 Å². The Labute approximate surface area is 193 Å². The van der Waals surface area contributed by atoms with Crippen LogP contribution in [0.5, 0.6) is 0 Å². The van der Waals surface area contributed by atoms with Gasteiger partial charge in [-0.3, -0.25) is 14.7 Å². The normalized spacial score (nSPS) is 11.0. The molecule has 0 aliphatic carbocycles. The molecular weight excluding hydrogens is 459 g/mol. The minimum Gasteiger partial charge on any atom is -0.733 e. The summed E-state index contributed by atoms with van der Waals surface area (Å²) in [7, 11) is 0. The first-order valence-corrected chi connectivity index (χ1v) is 10.5. The Morgan fingerprint density at radius 1 is 1.25 bits per heavy atom. The monoisotopic (exact) mass is 479 g/mol. The van der Waals surface area contributed by atoms with Crippen LogP contribution in [-0.2, 0) is 17.8 Å². The average Bonchev–Trinajstić information content (AvgIpc) is 3.10. The van der Waals surface area contributed by atoms with Crippen LogP contribution in [0.4, 0.5) is 5.69 Å². The van der Waals surface area contributed by atoms with E-state index < -0.39 is 11.4 Å². The van der Waals surface area contributed by atoms with Crippen molar-refractivity contribution in [1.82, 2.24) is 14.3 Å². The van der Waals surface area contributed by atoms with Crippen LogP contribution in [0.2, 0.25) is 10.0 Å². The van der Waals surface area contributed by atoms with Crippen LogP contribution in [0, 0.1) is 12.1 Å². The van der Waals surface area contributed by atoms with Crippen molar-refractivity contribution in [3.05, 3.63) is 72.9 Å². The van der Waals surface area contributed by atoms with E-state index in [9.17, 15) is 20.0 Å². The molecule has 0 atom stereocenters. The Morgan fingerprint density at radius 3 is 2.53 bits per heavy atom. The Balaban J connectivity index is 2.26. The van der Waals surface area contributed by atoms with Crippen LogP contribution in [0.1, 0.15) is 35.6 Å². The molecule has 0 amide bonds. The highest BCUT2D eigenvalue weighted by Gasteiger charge is 2.24. The van der Waals surface area contributed by atoms with Crippen molar-refractivity contribution in [2.45, 2.75) is 33.9 Å². The number of rotatable bonds is 7. The van der Waals surface area contributed by atoms with Gasteiger partial charge in [-0.15, -0.1) is 0 Å². The summed E-state index contributed by atoms with van der Waals surface area (Å²) in [4.78, 5) is 25.8. The van der Waals surface area contributed by atoms with Gasteiger partial charge in [0.25, 0.3) is 0 Å². The van der Waals surface area contributed by atoms with Crippen molar-refractivity contribution < 1.29 is 14.7 Å². The highest BCUT2D eigenvalue weighted by atomic mass is 35.5. The quantitative estimate of drug-likeness (QED) is 0.397. The first-order valence-electron chi connectivity index (χ1n) is 9.77. The zero-order chi connectivity index (χ0) is 23.6. The number of halogens is 2. The molecule has 0 unspecified atom stereocenters. The fraction of sp³-hybridized carbons (Fsp3) is 0.286. The van der Waals surface area contributed by atoms with Crippen molar-refractivity contribution in [1.29, 1.82) is 0 Å². The molecule has 0 radical (unpaired) electrons. The average molecular weight is 480 g/mol. The van der Waals surface area contributed by atoms with Crippen molar-refractivity contribution in [2.75, 3.05) is 11.8 Å². The number of ether oxygens (including phenoxy) is 1. The molecule has 2 heterocycles. The Morgan fingerprint density at radius 2 is 1.97 bits per heavy atom. The van der Waals surface area contributed by atoms with Crippen molar-refractivity contribution in [3.63, 3.8) is 0 Å². The topological polar surface area (TPSA) is 113 Å². The molecule has 1 aromatic carbocycles. The molecule has 32 heavy (non-hydrogen) atoms. The molecular formula is C21H21Cl2N4O5-. The van der Waals surface area contributed by atoms with Crippen molar-refractivity contribution >= 4 is 34.9 Å². The van der Waals surface area contributed by atoms with Gasteiger partial charge < -0.3 is 19.7 Å². The number of aromatic nitrogens is 3. The Bertz CT molecular complexity index is 1220. The zero-order valence-corrected chi connectivity index (χ0v) is 19.1. The van der Waals surface area contributed by atoms with Crippen LogP contribution in [-0.4, -0.2) is 32.1 Å². The van der Waals surface area contributed by atoms with Gasteiger partial charge in [0.05, 0.1) is 46.5 Å². The number of hydrogen-bond donors (Lipinski definition) is 1. The largest absolute Gasteiger partial charge is 0.733 e. The highest BCUT2D eigenvalue weighted by molar-refractivity contribution is 6.42. The van der Waals surface area contributed by atoms with Crippen LogP contribution in [0.3, 0.4) is 0 Å². The fourth-order valence-corrected chi connectivity index (χ4v) is 3.77. The number of esters is 1. The predicted octanol–water partition coefficient (Wildman–Crippen LogP) is 4.27. The number of carbonyl (C=O) groups excluding carboxylic acids is 1. The summed E-state index contributed by atoms with van der Waals surface area (Å²) in [5.41, 5.74) is 1.13. The lowest BCUT2D eigenvalue weighted by Crippen LogP contribution is -2.26. The van der Waals surface area contributed by atoms with Gasteiger partial charge in [0, 0.05) is 23.9 Å². The lowest BCUT2D eigenvalue weighted by molar-refractivity contribution is 0.0525. The molecule has 0 saturated heterocycles. The molecule has 0 aliphatic heterocycles. The molecule has 11 heteroatoms. The maximum Gasteiger partial charge on any atom is 0.344 e. The third-order valence-electron chi connectivity index (χ3n) is 4.98. The van der Waals surface area contributed by atoms with Gasteiger partial charge in [-0.2, -0.15) is 5.10 Å². The number of carbonyl (C=O) groups is 1. The number of hydrogen-bond acceptors (Lipinski definition) is 7. The van der Waals surface area contributed by atoms with Crippen LogP contribution < -0.4 is 10.7 Å². The number of anilines is 1. The van der Waals surface area contributed by atoms with Gasteiger partial charge in [0.15, 0.2) is 5.43 Å². The lowest BCUT2D eigenvalue weighted by Gasteiger charge is -2.22. The van der Waals surface area contributed by atoms with E-state index in [1.54, 1.807) is 36.6 Å². The minimum atomic E-state index is -0.743. The number of pyridine rings is 1. The van der Waals surface area contributed by atoms with E-state index in [2.05, 4.69) is 5.10 Å². The third-order valence-corrected chi connectivity index (χ3v) is 5.72. The summed E-state index contributed by atoms with van der Waals surface area (Å²) in [6.45, 7) is 5.75. The highest BCUT2D eigenvalue weighted by Crippen LogP contribution is 2.31. The molecule has 0 fully saturated rings. The molecule has 1 N–H and O–H groups in total. The second kappa shape index (κ2) is 9.74. The van der Waals surface area contributed by atoms with Crippen LogP contribution in [0.25, 0.3) is 11.3 Å². The third kappa shape index (κ3) is 4.51. The standard InChI is InChI=1S/C21H21Cl2N4O5/c1-4-25-14(11-26-12(3)17(10-24-26)27(30)31)9-18(28)19(21(29)32-5-2)20(25)13-6-7-15(22)16(23)8-13/h6-10,30H,4-5,11H2,1-3H3/q-1. The van der Waals surface area contributed by atoms with Gasteiger partial charge in [0.1, 0.15) is 5.56 Å². The summed E-state index contributed by atoms with van der Waals surface area (Å²) < 4.78 is 8.39. The van der Waals surface area contributed by atoms with Crippen LogP contribution >= 0.6 is 23.2 Å². The summed E-state index contributed by atoms with van der Waals surface area (Å²) in [6.07, 6.45) is 1.23. The first kappa shape index (κ1) is 23.8. The zero-order valence-electron chi connectivity index (χ0n) is 17.6. The Hall–Kier alpha value is -2.85. The van der Waals surface area contributed by atoms with E-state index >= 15 is 0 Å². The van der Waals surface area contributed by atoms with E-state index in [4.69, 9.17) is 27.9 Å². The second-order valence-corrected chi connectivity index (χ2v) is 7.68. The molecule has 3 aromatic rings. The van der Waals surface area contributed by atoms with E-state index in [0.29, 0.717) is 34.2 Å². The first-order chi connectivity index (χ1) is 15.2. The lowest BCUT2D eigenvalue weighted by atomic mass is 10.0. The summed E-state index contributed by atoms with van der Waals surface area (Å²) >= 11 is 12.3. The van der Waals surface area contributed by atoms with Gasteiger partial charge in [-0.25, -0.2) is 4.79 Å². The van der Waals surface area contributed by atoms with E-state index in [1.165, 1.54) is 16.9 Å². The summed E-state index contributed by atoms with van der Waals surface area (Å²) in [5.74, 6) is -0.743. The molecule has 0 spiro atoms. The summed E-state index contributed by atoms with van der Waals surface area (Å²) in [5, 5.41) is 24.9. The smallest absolute Gasteiger partial charge is 0.344 e. The van der Waals surface area contributed by atoms with E-state index in [1.807, 2.05) is 6.92 Å². The molecule has 9 nitrogen and oxygen atoms in total. The Kier molecular flexibility index (Phi) is 7.25. The van der Waals surface area contributed by atoms with Crippen LogP contribution in [0.15, 0.2) is 35.3 Å². The molecule has 170 valence electrons. The second-order valence-electron chi connectivity index (χ2n) is 6.86. The minimum absolute atomic E-state index is 0.0109. The maximum absolute atomic E-state index is 13.1. The molecule has 2 aromatic heterocycles. The van der Waals surface area contributed by atoms with Gasteiger partial charge >= 0.3 is 5.97 Å². The molecule has 0 bridgehead atoms. The van der Waals surface area contributed by atoms with Gasteiger partial charge in [0.2, 0.25) is 0 Å². The molecule has 3 rings (SSSR count). The molecule has 0 aliphatic rings. The van der Waals surface area contributed by atoms with Gasteiger partial charge in [-0.1, -0.05) is 29.3 Å². The number of nitrogens with zero attached hydrogens (tertiary/aromatic N) is 4. The van der Waals surface area contributed by atoms with Gasteiger partial charge in [-0.05, 0) is 32.9 Å². The SMILES string of the molecule is CCOC(=O)c1c(-c2ccc(Cl)c(Cl)c2)n(CC)c(Cn2ncc(N([O-])O)c2C)cc1=O. The van der Waals surface area contributed by atoms with Crippen molar-refractivity contribution in [2.24, 2.45) is 0 Å².